The topological polar surface area (TPSA) is 78.1 Å². The highest BCUT2D eigenvalue weighted by Gasteiger charge is 2.29. The Hall–Kier alpha value is -2.15. The highest BCUT2D eigenvalue weighted by molar-refractivity contribution is 7.09. The smallest absolute Gasteiger partial charge is 0.245 e. The van der Waals surface area contributed by atoms with Crippen molar-refractivity contribution in [3.05, 3.63) is 40.6 Å². The molecule has 7 heteroatoms. The number of amides is 2. The van der Waals surface area contributed by atoms with Crippen molar-refractivity contribution in [1.29, 1.82) is 0 Å². The largest absolute Gasteiger partial charge is 0.348 e. The molecular weight excluding hydrogens is 360 g/mol. The standard InChI is InChI=1S/C20H28N4O2S/c1-2-24(13-17-9-6-10-27-17)20(26)18(11-16-12-21-14-22-16)23-19(25)15-7-4-3-5-8-15/h6,9-10,12,14-15,18H,2-5,7-8,11,13H2,1H3,(H,21,22)(H,23,25)/t18-/m1/s1. The van der Waals surface area contributed by atoms with Gasteiger partial charge in [-0.15, -0.1) is 11.3 Å². The van der Waals surface area contributed by atoms with Crippen LogP contribution in [0, 0.1) is 5.92 Å². The van der Waals surface area contributed by atoms with Crippen LogP contribution >= 0.6 is 11.3 Å². The van der Waals surface area contributed by atoms with E-state index < -0.39 is 6.04 Å². The molecule has 1 aliphatic carbocycles. The average molecular weight is 389 g/mol. The zero-order valence-electron chi connectivity index (χ0n) is 15.8. The van der Waals surface area contributed by atoms with Gasteiger partial charge in [-0.3, -0.25) is 9.59 Å². The summed E-state index contributed by atoms with van der Waals surface area (Å²) in [6.07, 6.45) is 8.97. The lowest BCUT2D eigenvalue weighted by molar-refractivity contribution is -0.138. The van der Waals surface area contributed by atoms with Gasteiger partial charge in [0.15, 0.2) is 0 Å². The third kappa shape index (κ3) is 5.42. The first kappa shape index (κ1) is 19.6. The van der Waals surface area contributed by atoms with Crippen molar-refractivity contribution in [3.63, 3.8) is 0 Å². The number of rotatable bonds is 8. The lowest BCUT2D eigenvalue weighted by Gasteiger charge is -2.28. The van der Waals surface area contributed by atoms with Crippen molar-refractivity contribution in [1.82, 2.24) is 20.2 Å². The molecule has 0 saturated heterocycles. The maximum absolute atomic E-state index is 13.2. The van der Waals surface area contributed by atoms with Gasteiger partial charge in [-0.2, -0.15) is 0 Å². The molecule has 3 rings (SSSR count). The molecule has 1 fully saturated rings. The summed E-state index contributed by atoms with van der Waals surface area (Å²) < 4.78 is 0. The zero-order chi connectivity index (χ0) is 19.1. The van der Waals surface area contributed by atoms with E-state index in [1.54, 1.807) is 23.9 Å². The first-order chi connectivity index (χ1) is 13.2. The second-order valence-electron chi connectivity index (χ2n) is 7.11. The van der Waals surface area contributed by atoms with Crippen LogP contribution in [-0.2, 0) is 22.6 Å². The number of H-pyrrole nitrogens is 1. The summed E-state index contributed by atoms with van der Waals surface area (Å²) in [7, 11) is 0. The van der Waals surface area contributed by atoms with Crippen molar-refractivity contribution >= 4 is 23.2 Å². The Bertz CT molecular complexity index is 708. The molecule has 146 valence electrons. The summed E-state index contributed by atoms with van der Waals surface area (Å²) in [5.74, 6) is 0.00703. The second-order valence-corrected chi connectivity index (χ2v) is 8.14. The van der Waals surface area contributed by atoms with Crippen LogP contribution in [0.4, 0.5) is 0 Å². The monoisotopic (exact) mass is 388 g/mol. The van der Waals surface area contributed by atoms with Gasteiger partial charge in [0.05, 0.1) is 12.9 Å². The van der Waals surface area contributed by atoms with Gasteiger partial charge in [-0.1, -0.05) is 25.3 Å². The minimum atomic E-state index is -0.570. The van der Waals surface area contributed by atoms with Crippen molar-refractivity contribution in [2.45, 2.75) is 58.0 Å². The lowest BCUT2D eigenvalue weighted by Crippen LogP contribution is -2.51. The minimum absolute atomic E-state index is 0.0136. The van der Waals surface area contributed by atoms with Gasteiger partial charge in [0, 0.05) is 35.7 Å². The number of thiophene rings is 1. The van der Waals surface area contributed by atoms with Crippen LogP contribution in [0.1, 0.15) is 49.6 Å². The number of imidazole rings is 1. The average Bonchev–Trinajstić information content (AvgIpc) is 3.39. The molecule has 0 spiro atoms. The Morgan fingerprint density at radius 1 is 1.37 bits per heavy atom. The molecule has 2 aromatic heterocycles. The van der Waals surface area contributed by atoms with Crippen LogP contribution in [0.25, 0.3) is 0 Å². The van der Waals surface area contributed by atoms with Crippen molar-refractivity contribution in [3.8, 4) is 0 Å². The maximum Gasteiger partial charge on any atom is 0.245 e. The molecule has 6 nitrogen and oxygen atoms in total. The molecule has 2 heterocycles. The Morgan fingerprint density at radius 3 is 2.81 bits per heavy atom. The number of aromatic amines is 1. The maximum atomic E-state index is 13.2. The van der Waals surface area contributed by atoms with Crippen molar-refractivity contribution in [2.24, 2.45) is 5.92 Å². The van der Waals surface area contributed by atoms with E-state index in [1.807, 2.05) is 29.3 Å². The van der Waals surface area contributed by atoms with Gasteiger partial charge in [0.1, 0.15) is 6.04 Å². The summed E-state index contributed by atoms with van der Waals surface area (Å²) in [5.41, 5.74) is 0.851. The third-order valence-corrected chi connectivity index (χ3v) is 6.05. The van der Waals surface area contributed by atoms with E-state index in [1.165, 1.54) is 6.42 Å². The highest BCUT2D eigenvalue weighted by atomic mass is 32.1. The van der Waals surface area contributed by atoms with Gasteiger partial charge in [0.25, 0.3) is 0 Å². The molecule has 0 unspecified atom stereocenters. The van der Waals surface area contributed by atoms with E-state index in [0.29, 0.717) is 19.5 Å². The number of nitrogens with zero attached hydrogens (tertiary/aromatic N) is 2. The Balaban J connectivity index is 1.71. The Kier molecular flexibility index (Phi) is 7.04. The van der Waals surface area contributed by atoms with E-state index >= 15 is 0 Å². The van der Waals surface area contributed by atoms with E-state index in [2.05, 4.69) is 15.3 Å². The number of likely N-dealkylation sites (N-methyl/N-ethyl adjacent to an activating group) is 1. The van der Waals surface area contributed by atoms with Gasteiger partial charge < -0.3 is 15.2 Å². The minimum Gasteiger partial charge on any atom is -0.348 e. The van der Waals surface area contributed by atoms with Crippen LogP contribution in [0.15, 0.2) is 30.0 Å². The van der Waals surface area contributed by atoms with Crippen LogP contribution in [0.5, 0.6) is 0 Å². The summed E-state index contributed by atoms with van der Waals surface area (Å²) >= 11 is 1.64. The zero-order valence-corrected chi connectivity index (χ0v) is 16.6. The SMILES string of the molecule is CCN(Cc1cccs1)C(=O)[C@@H](Cc1cnc[nH]1)NC(=O)C1CCCCC1. The molecule has 2 N–H and O–H groups in total. The fourth-order valence-corrected chi connectivity index (χ4v) is 4.35. The first-order valence-corrected chi connectivity index (χ1v) is 10.6. The molecule has 1 saturated carbocycles. The molecule has 1 atom stereocenters. The molecule has 2 aromatic rings. The quantitative estimate of drug-likeness (QED) is 0.729. The van der Waals surface area contributed by atoms with Crippen LogP contribution in [0.3, 0.4) is 0 Å². The van der Waals surface area contributed by atoms with Gasteiger partial charge in [-0.25, -0.2) is 4.98 Å². The predicted octanol–water partition coefficient (Wildman–Crippen LogP) is 3.13. The number of carbonyl (C=O) groups excluding carboxylic acids is 2. The van der Waals surface area contributed by atoms with Crippen LogP contribution in [0.2, 0.25) is 0 Å². The Labute approximate surface area is 164 Å². The Morgan fingerprint density at radius 2 is 2.19 bits per heavy atom. The van der Waals surface area contributed by atoms with Crippen molar-refractivity contribution in [2.75, 3.05) is 6.54 Å². The number of hydrogen-bond donors (Lipinski definition) is 2. The number of carbonyl (C=O) groups is 2. The fraction of sp³-hybridized carbons (Fsp3) is 0.550. The molecule has 2 amide bonds. The third-order valence-electron chi connectivity index (χ3n) is 5.19. The molecular formula is C20H28N4O2S. The summed E-state index contributed by atoms with van der Waals surface area (Å²) in [6, 6.07) is 3.45. The summed E-state index contributed by atoms with van der Waals surface area (Å²) in [4.78, 5) is 36.0. The van der Waals surface area contributed by atoms with E-state index in [4.69, 9.17) is 0 Å². The van der Waals surface area contributed by atoms with Crippen molar-refractivity contribution < 1.29 is 9.59 Å². The van der Waals surface area contributed by atoms with E-state index in [-0.39, 0.29) is 17.7 Å². The molecule has 0 aliphatic heterocycles. The van der Waals surface area contributed by atoms with E-state index in [0.717, 1.165) is 36.3 Å². The number of nitrogens with one attached hydrogen (secondary N) is 2. The van der Waals surface area contributed by atoms with E-state index in [9.17, 15) is 9.59 Å². The van der Waals surface area contributed by atoms with Crippen LogP contribution in [-0.4, -0.2) is 39.3 Å². The molecule has 0 radical (unpaired) electrons. The first-order valence-electron chi connectivity index (χ1n) is 9.76. The molecule has 1 aliphatic rings. The van der Waals surface area contributed by atoms with Gasteiger partial charge in [0.2, 0.25) is 11.8 Å². The highest BCUT2D eigenvalue weighted by Crippen LogP contribution is 2.24. The normalized spacial score (nSPS) is 16.0. The van der Waals surface area contributed by atoms with Gasteiger partial charge >= 0.3 is 0 Å². The van der Waals surface area contributed by atoms with Crippen LogP contribution < -0.4 is 5.32 Å². The lowest BCUT2D eigenvalue weighted by atomic mass is 9.88. The number of aromatic nitrogens is 2. The summed E-state index contributed by atoms with van der Waals surface area (Å²) in [5, 5.41) is 5.06. The molecule has 0 aromatic carbocycles. The number of hydrogen-bond acceptors (Lipinski definition) is 4. The molecule has 0 bridgehead atoms. The predicted molar refractivity (Wildman–Crippen MR) is 106 cm³/mol. The van der Waals surface area contributed by atoms with Gasteiger partial charge in [-0.05, 0) is 31.2 Å². The second kappa shape index (κ2) is 9.69. The molecule has 27 heavy (non-hydrogen) atoms. The fourth-order valence-electron chi connectivity index (χ4n) is 3.63. The summed E-state index contributed by atoms with van der Waals surface area (Å²) in [6.45, 7) is 3.16.